The lowest BCUT2D eigenvalue weighted by molar-refractivity contribution is -0.140. The molecule has 252 valence electrons. The number of hydrogen-bond acceptors (Lipinski definition) is 9. The van der Waals surface area contributed by atoms with E-state index in [-0.39, 0.29) is 36.6 Å². The highest BCUT2D eigenvalue weighted by Gasteiger charge is 2.31. The number of esters is 1. The van der Waals surface area contributed by atoms with Crippen molar-refractivity contribution >= 4 is 18.0 Å². The van der Waals surface area contributed by atoms with Crippen LogP contribution in [-0.4, -0.2) is 81.9 Å². The fourth-order valence-corrected chi connectivity index (χ4v) is 4.69. The summed E-state index contributed by atoms with van der Waals surface area (Å²) in [5.41, 5.74) is 0.327. The van der Waals surface area contributed by atoms with E-state index >= 15 is 0 Å². The average Bonchev–Trinajstić information content (AvgIpc) is 2.95. The molecule has 0 aliphatic carbocycles. The van der Waals surface area contributed by atoms with Gasteiger partial charge in [-0.3, -0.25) is 9.59 Å². The van der Waals surface area contributed by atoms with Crippen LogP contribution in [0.1, 0.15) is 79.2 Å². The molecule has 0 aromatic heterocycles. The molecule has 2 amide bonds. The summed E-state index contributed by atoms with van der Waals surface area (Å²) in [6.07, 6.45) is 1.05. The fraction of sp³-hybridized carbons (Fsp3) is 0.727. The van der Waals surface area contributed by atoms with Crippen LogP contribution in [0.3, 0.4) is 0 Å². The van der Waals surface area contributed by atoms with Gasteiger partial charge < -0.3 is 39.4 Å². The van der Waals surface area contributed by atoms with Gasteiger partial charge in [-0.05, 0) is 76.0 Å². The Bertz CT molecular complexity index is 1010. The predicted molar refractivity (Wildman–Crippen MR) is 169 cm³/mol. The summed E-state index contributed by atoms with van der Waals surface area (Å²) in [7, 11) is 4.58. The largest absolute Gasteiger partial charge is 0.493 e. The second-order valence-electron chi connectivity index (χ2n) is 12.6. The third kappa shape index (κ3) is 15.6. The molecule has 0 aliphatic rings. The monoisotopic (exact) mass is 624 g/mol. The third-order valence-electron chi connectivity index (χ3n) is 7.27. The maximum absolute atomic E-state index is 12.8. The van der Waals surface area contributed by atoms with Crippen LogP contribution < -0.4 is 20.1 Å². The molecule has 0 aliphatic heterocycles. The number of hydrogen-bond donors (Lipinski definition) is 3. The van der Waals surface area contributed by atoms with Crippen LogP contribution in [0.4, 0.5) is 4.79 Å². The van der Waals surface area contributed by atoms with Gasteiger partial charge in [-0.2, -0.15) is 0 Å². The van der Waals surface area contributed by atoms with E-state index in [1.807, 2.05) is 18.2 Å². The number of alkyl carbamates (subject to hydrolysis) is 1. The van der Waals surface area contributed by atoms with Crippen molar-refractivity contribution in [1.29, 1.82) is 0 Å². The van der Waals surface area contributed by atoms with Crippen molar-refractivity contribution in [2.45, 2.75) is 97.8 Å². The van der Waals surface area contributed by atoms with Gasteiger partial charge in [0.1, 0.15) is 5.60 Å². The van der Waals surface area contributed by atoms with Crippen LogP contribution in [0.2, 0.25) is 0 Å². The first-order valence-corrected chi connectivity index (χ1v) is 15.5. The third-order valence-corrected chi connectivity index (χ3v) is 7.27. The fourth-order valence-electron chi connectivity index (χ4n) is 4.69. The SMILES string of the molecule is COCCCOc1cc(C[C@@H](C[C@H](NC(=O)OC(C)(C)C)[C@@H](O)C[C@@H](C)C(=O)NCCCC(=O)OC)C(C)C)ccc1OC. The van der Waals surface area contributed by atoms with Crippen molar-refractivity contribution in [2.75, 3.05) is 41.1 Å². The molecule has 0 spiro atoms. The molecule has 4 atom stereocenters. The lowest BCUT2D eigenvalue weighted by Crippen LogP contribution is -2.48. The maximum Gasteiger partial charge on any atom is 0.407 e. The van der Waals surface area contributed by atoms with E-state index in [9.17, 15) is 19.5 Å². The lowest BCUT2D eigenvalue weighted by atomic mass is 9.82. The molecule has 1 aromatic carbocycles. The van der Waals surface area contributed by atoms with Gasteiger partial charge in [0.05, 0.1) is 33.0 Å². The molecule has 0 bridgehead atoms. The lowest BCUT2D eigenvalue weighted by Gasteiger charge is -2.32. The highest BCUT2D eigenvalue weighted by atomic mass is 16.6. The van der Waals surface area contributed by atoms with Gasteiger partial charge in [0.2, 0.25) is 5.91 Å². The topological polar surface area (TPSA) is 142 Å². The molecule has 1 aromatic rings. The number of rotatable bonds is 20. The summed E-state index contributed by atoms with van der Waals surface area (Å²) in [6.45, 7) is 12.7. The molecule has 0 saturated heterocycles. The van der Waals surface area contributed by atoms with E-state index in [0.29, 0.717) is 50.5 Å². The Labute approximate surface area is 263 Å². The number of aliphatic hydroxyl groups excluding tert-OH is 1. The molecule has 11 heteroatoms. The van der Waals surface area contributed by atoms with Crippen molar-refractivity contribution in [2.24, 2.45) is 17.8 Å². The molecular formula is C33H56N2O9. The highest BCUT2D eigenvalue weighted by Crippen LogP contribution is 2.32. The van der Waals surface area contributed by atoms with E-state index in [1.165, 1.54) is 7.11 Å². The number of aliphatic hydroxyl groups is 1. The molecule has 1 rings (SSSR count). The predicted octanol–water partition coefficient (Wildman–Crippen LogP) is 4.67. The minimum atomic E-state index is -1.00. The number of carbonyl (C=O) groups excluding carboxylic acids is 3. The molecule has 3 N–H and O–H groups in total. The Balaban J connectivity index is 3.06. The Kier molecular flexibility index (Phi) is 17.8. The summed E-state index contributed by atoms with van der Waals surface area (Å²) in [5.74, 6) is 0.488. The molecule has 11 nitrogen and oxygen atoms in total. The zero-order chi connectivity index (χ0) is 33.3. The highest BCUT2D eigenvalue weighted by molar-refractivity contribution is 5.78. The van der Waals surface area contributed by atoms with Crippen molar-refractivity contribution in [3.63, 3.8) is 0 Å². The first-order chi connectivity index (χ1) is 20.7. The van der Waals surface area contributed by atoms with Gasteiger partial charge in [0.15, 0.2) is 11.5 Å². The molecule has 0 heterocycles. The first-order valence-electron chi connectivity index (χ1n) is 15.5. The minimum Gasteiger partial charge on any atom is -0.493 e. The van der Waals surface area contributed by atoms with Crippen molar-refractivity contribution in [1.82, 2.24) is 10.6 Å². The van der Waals surface area contributed by atoms with Crippen LogP contribution in [0.15, 0.2) is 18.2 Å². The van der Waals surface area contributed by atoms with Gasteiger partial charge in [-0.15, -0.1) is 0 Å². The van der Waals surface area contributed by atoms with Crippen LogP contribution in [0, 0.1) is 17.8 Å². The Morgan fingerprint density at radius 1 is 0.955 bits per heavy atom. The summed E-state index contributed by atoms with van der Waals surface area (Å²) >= 11 is 0. The molecular weight excluding hydrogens is 568 g/mol. The normalized spacial score (nSPS) is 14.2. The van der Waals surface area contributed by atoms with Crippen molar-refractivity contribution in [3.05, 3.63) is 23.8 Å². The van der Waals surface area contributed by atoms with E-state index in [2.05, 4.69) is 29.2 Å². The van der Waals surface area contributed by atoms with E-state index in [0.717, 1.165) is 12.0 Å². The van der Waals surface area contributed by atoms with Gasteiger partial charge in [-0.1, -0.05) is 26.8 Å². The standard InChI is InChI=1S/C33H56N2O9/c1-22(2)25(19-24-13-14-28(41-8)29(20-24)43-17-11-16-40-7)21-26(35-32(39)44-33(4,5)6)27(36)18-23(3)31(38)34-15-10-12-30(37)42-9/h13-14,20,22-23,25-27,36H,10-12,15-19,21H2,1-9H3,(H,34,38)(H,35,39)/t23-,25+,26+,27+/m1/s1. The second kappa shape index (κ2) is 20.1. The Hall–Kier alpha value is -3.05. The number of methoxy groups -OCH3 is 3. The number of benzene rings is 1. The molecule has 0 fully saturated rings. The zero-order valence-electron chi connectivity index (χ0n) is 28.2. The van der Waals surface area contributed by atoms with Crippen LogP contribution in [-0.2, 0) is 30.2 Å². The number of carbonyl (C=O) groups is 3. The Morgan fingerprint density at radius 3 is 2.25 bits per heavy atom. The molecule has 0 radical (unpaired) electrons. The molecule has 0 saturated carbocycles. The summed E-state index contributed by atoms with van der Waals surface area (Å²) in [5, 5.41) is 17.0. The number of amides is 2. The number of ether oxygens (including phenoxy) is 5. The van der Waals surface area contributed by atoms with Crippen molar-refractivity contribution in [3.8, 4) is 11.5 Å². The van der Waals surface area contributed by atoms with Crippen LogP contribution in [0.5, 0.6) is 11.5 Å². The molecule has 44 heavy (non-hydrogen) atoms. The summed E-state index contributed by atoms with van der Waals surface area (Å²) in [6, 6.07) is 5.19. The summed E-state index contributed by atoms with van der Waals surface area (Å²) in [4.78, 5) is 36.8. The Morgan fingerprint density at radius 2 is 1.66 bits per heavy atom. The smallest absolute Gasteiger partial charge is 0.407 e. The zero-order valence-corrected chi connectivity index (χ0v) is 28.2. The average molecular weight is 625 g/mol. The quantitative estimate of drug-likeness (QED) is 0.139. The first kappa shape index (κ1) is 39.0. The van der Waals surface area contributed by atoms with E-state index < -0.39 is 29.8 Å². The number of nitrogens with one attached hydrogen (secondary N) is 2. The van der Waals surface area contributed by atoms with E-state index in [1.54, 1.807) is 41.9 Å². The minimum absolute atomic E-state index is 0.0711. The maximum atomic E-state index is 12.8. The van der Waals surface area contributed by atoms with Gasteiger partial charge in [-0.25, -0.2) is 4.79 Å². The van der Waals surface area contributed by atoms with Gasteiger partial charge in [0.25, 0.3) is 0 Å². The van der Waals surface area contributed by atoms with Crippen molar-refractivity contribution < 1.29 is 43.2 Å². The van der Waals surface area contributed by atoms with Crippen LogP contribution >= 0.6 is 0 Å². The van der Waals surface area contributed by atoms with E-state index in [4.69, 9.17) is 18.9 Å². The summed E-state index contributed by atoms with van der Waals surface area (Å²) < 4.78 is 26.7. The van der Waals surface area contributed by atoms with Gasteiger partial charge >= 0.3 is 12.1 Å². The molecule has 0 unspecified atom stereocenters. The van der Waals surface area contributed by atoms with Crippen LogP contribution in [0.25, 0.3) is 0 Å². The van der Waals surface area contributed by atoms with Gasteiger partial charge in [0, 0.05) is 39.0 Å². The second-order valence-corrected chi connectivity index (χ2v) is 12.6.